The van der Waals surface area contributed by atoms with Crippen molar-refractivity contribution in [1.29, 1.82) is 0 Å². The number of nitrogens with zero attached hydrogens (tertiary/aromatic N) is 1. The largest absolute Gasteiger partial charge is 0.325 e. The molecule has 1 aliphatic rings. The molecular weight excluding hydrogens is 269 g/mol. The van der Waals surface area contributed by atoms with Gasteiger partial charge < -0.3 is 10.6 Å². The van der Waals surface area contributed by atoms with Gasteiger partial charge in [0.25, 0.3) is 0 Å². The lowest BCUT2D eigenvalue weighted by molar-refractivity contribution is -0.117. The number of amides is 1. The van der Waals surface area contributed by atoms with E-state index in [9.17, 15) is 9.18 Å². The molecule has 2 rings (SSSR count). The first-order valence-corrected chi connectivity index (χ1v) is 7.61. The number of halogens is 1. The van der Waals surface area contributed by atoms with Gasteiger partial charge in [-0.15, -0.1) is 0 Å². The van der Waals surface area contributed by atoms with Crippen LogP contribution < -0.4 is 10.6 Å². The van der Waals surface area contributed by atoms with E-state index in [1.54, 1.807) is 19.1 Å². The number of rotatable bonds is 6. The molecule has 0 saturated carbocycles. The summed E-state index contributed by atoms with van der Waals surface area (Å²) < 4.78 is 13.5. The van der Waals surface area contributed by atoms with E-state index in [-0.39, 0.29) is 11.7 Å². The summed E-state index contributed by atoms with van der Waals surface area (Å²) in [7, 11) is 0. The predicted octanol–water partition coefficient (Wildman–Crippen LogP) is 2.15. The Hall–Kier alpha value is -1.46. The first-order valence-electron chi connectivity index (χ1n) is 7.61. The summed E-state index contributed by atoms with van der Waals surface area (Å²) >= 11 is 0. The van der Waals surface area contributed by atoms with Crippen molar-refractivity contribution < 1.29 is 9.18 Å². The molecular formula is C16H24FN3O. The maximum Gasteiger partial charge on any atom is 0.238 e. The summed E-state index contributed by atoms with van der Waals surface area (Å²) in [5, 5.41) is 6.11. The van der Waals surface area contributed by atoms with Gasteiger partial charge in [-0.25, -0.2) is 4.39 Å². The highest BCUT2D eigenvalue weighted by atomic mass is 19.1. The van der Waals surface area contributed by atoms with Crippen LogP contribution in [0.15, 0.2) is 18.2 Å². The van der Waals surface area contributed by atoms with Gasteiger partial charge in [0.15, 0.2) is 0 Å². The zero-order valence-corrected chi connectivity index (χ0v) is 12.8. The van der Waals surface area contributed by atoms with Crippen molar-refractivity contribution in [3.8, 4) is 0 Å². The molecule has 1 aromatic carbocycles. The van der Waals surface area contributed by atoms with Crippen molar-refractivity contribution in [2.45, 2.75) is 32.7 Å². The molecule has 1 fully saturated rings. The smallest absolute Gasteiger partial charge is 0.238 e. The van der Waals surface area contributed by atoms with Gasteiger partial charge in [-0.2, -0.15) is 0 Å². The number of hydrogen-bond donors (Lipinski definition) is 2. The monoisotopic (exact) mass is 293 g/mol. The quantitative estimate of drug-likeness (QED) is 0.844. The van der Waals surface area contributed by atoms with Crippen molar-refractivity contribution in [2.75, 3.05) is 31.5 Å². The number of benzene rings is 1. The van der Waals surface area contributed by atoms with Crippen molar-refractivity contribution in [2.24, 2.45) is 0 Å². The van der Waals surface area contributed by atoms with Crippen molar-refractivity contribution in [1.82, 2.24) is 10.2 Å². The van der Waals surface area contributed by atoms with Crippen LogP contribution in [0.3, 0.4) is 0 Å². The molecule has 0 radical (unpaired) electrons. The van der Waals surface area contributed by atoms with E-state index in [0.29, 0.717) is 23.8 Å². The number of aryl methyl sites for hydroxylation is 1. The minimum atomic E-state index is -0.293. The maximum absolute atomic E-state index is 13.5. The molecule has 1 aliphatic heterocycles. The third kappa shape index (κ3) is 4.51. The van der Waals surface area contributed by atoms with E-state index >= 15 is 0 Å². The molecule has 0 spiro atoms. The van der Waals surface area contributed by atoms with Gasteiger partial charge in [0.2, 0.25) is 5.91 Å². The highest BCUT2D eigenvalue weighted by Crippen LogP contribution is 2.14. The molecule has 2 N–H and O–H groups in total. The molecule has 0 bridgehead atoms. The molecule has 1 unspecified atom stereocenters. The van der Waals surface area contributed by atoms with Crippen LogP contribution in [-0.2, 0) is 4.79 Å². The summed E-state index contributed by atoms with van der Waals surface area (Å²) in [5.74, 6) is -0.378. The molecule has 0 aromatic heterocycles. The number of carbonyl (C=O) groups is 1. The lowest BCUT2D eigenvalue weighted by atomic mass is 10.2. The number of nitrogens with one attached hydrogen (secondary N) is 2. The van der Waals surface area contributed by atoms with E-state index < -0.39 is 0 Å². The van der Waals surface area contributed by atoms with Crippen molar-refractivity contribution >= 4 is 11.6 Å². The molecule has 4 nitrogen and oxygen atoms in total. The average Bonchev–Trinajstić information content (AvgIpc) is 2.96. The minimum Gasteiger partial charge on any atom is -0.325 e. The maximum atomic E-state index is 13.5. The summed E-state index contributed by atoms with van der Waals surface area (Å²) in [5.41, 5.74) is 1.10. The van der Waals surface area contributed by atoms with Gasteiger partial charge in [-0.3, -0.25) is 9.69 Å². The molecule has 1 heterocycles. The van der Waals surface area contributed by atoms with Gasteiger partial charge in [0, 0.05) is 18.3 Å². The molecule has 1 aromatic rings. The average molecular weight is 293 g/mol. The van der Waals surface area contributed by atoms with Crippen LogP contribution in [0.5, 0.6) is 0 Å². The van der Waals surface area contributed by atoms with Crippen molar-refractivity contribution in [3.05, 3.63) is 29.6 Å². The van der Waals surface area contributed by atoms with E-state index in [0.717, 1.165) is 32.5 Å². The van der Waals surface area contributed by atoms with Gasteiger partial charge in [0.05, 0.1) is 6.54 Å². The Morgan fingerprint density at radius 3 is 2.95 bits per heavy atom. The first kappa shape index (κ1) is 15.9. The molecule has 1 saturated heterocycles. The van der Waals surface area contributed by atoms with E-state index in [1.807, 2.05) is 0 Å². The fraction of sp³-hybridized carbons (Fsp3) is 0.562. The SMILES string of the molecule is CCCN(CC(=O)Nc1ccc(C)c(F)c1)C1CCNC1. The minimum absolute atomic E-state index is 0.0846. The molecule has 1 amide bonds. The van der Waals surface area contributed by atoms with Crippen LogP contribution >= 0.6 is 0 Å². The number of anilines is 1. The third-order valence-corrected chi connectivity index (χ3v) is 3.86. The number of hydrogen-bond acceptors (Lipinski definition) is 3. The Bertz CT molecular complexity index is 486. The van der Waals surface area contributed by atoms with Crippen molar-refractivity contribution in [3.63, 3.8) is 0 Å². The zero-order valence-electron chi connectivity index (χ0n) is 12.8. The van der Waals surface area contributed by atoms with Crippen LogP contribution in [0.1, 0.15) is 25.3 Å². The van der Waals surface area contributed by atoms with Crippen LogP contribution in [-0.4, -0.2) is 43.0 Å². The first-order chi connectivity index (χ1) is 10.1. The molecule has 0 aliphatic carbocycles. The van der Waals surface area contributed by atoms with E-state index in [2.05, 4.69) is 22.5 Å². The van der Waals surface area contributed by atoms with Gasteiger partial charge >= 0.3 is 0 Å². The molecule has 21 heavy (non-hydrogen) atoms. The summed E-state index contributed by atoms with van der Waals surface area (Å²) in [6.45, 7) is 7.03. The van der Waals surface area contributed by atoms with Gasteiger partial charge in [0.1, 0.15) is 5.82 Å². The lowest BCUT2D eigenvalue weighted by Gasteiger charge is -2.27. The predicted molar refractivity (Wildman–Crippen MR) is 82.9 cm³/mol. The summed E-state index contributed by atoms with van der Waals surface area (Å²) in [6.07, 6.45) is 2.09. The van der Waals surface area contributed by atoms with Gasteiger partial charge in [-0.1, -0.05) is 13.0 Å². The van der Waals surface area contributed by atoms with Crippen LogP contribution in [0.25, 0.3) is 0 Å². The second-order valence-electron chi connectivity index (χ2n) is 5.63. The van der Waals surface area contributed by atoms with Crippen LogP contribution in [0.4, 0.5) is 10.1 Å². The fourth-order valence-electron chi connectivity index (χ4n) is 2.68. The Morgan fingerprint density at radius 2 is 2.33 bits per heavy atom. The Morgan fingerprint density at radius 1 is 1.52 bits per heavy atom. The lowest BCUT2D eigenvalue weighted by Crippen LogP contribution is -2.42. The normalized spacial score (nSPS) is 18.2. The summed E-state index contributed by atoms with van der Waals surface area (Å²) in [4.78, 5) is 14.4. The topological polar surface area (TPSA) is 44.4 Å². The Balaban J connectivity index is 1.93. The highest BCUT2D eigenvalue weighted by molar-refractivity contribution is 5.92. The Labute approximate surface area is 125 Å². The molecule has 116 valence electrons. The van der Waals surface area contributed by atoms with Crippen LogP contribution in [0.2, 0.25) is 0 Å². The van der Waals surface area contributed by atoms with E-state index in [4.69, 9.17) is 0 Å². The standard InChI is InChI=1S/C16H24FN3O/c1-3-8-20(14-6-7-18-10-14)11-16(21)19-13-5-4-12(2)15(17)9-13/h4-5,9,14,18H,3,6-8,10-11H2,1-2H3,(H,19,21). The fourth-order valence-corrected chi connectivity index (χ4v) is 2.68. The third-order valence-electron chi connectivity index (χ3n) is 3.86. The number of carbonyl (C=O) groups excluding carboxylic acids is 1. The van der Waals surface area contributed by atoms with Crippen LogP contribution in [0, 0.1) is 12.7 Å². The highest BCUT2D eigenvalue weighted by Gasteiger charge is 2.23. The second kappa shape index (κ2) is 7.52. The van der Waals surface area contributed by atoms with Gasteiger partial charge in [-0.05, 0) is 50.6 Å². The zero-order chi connectivity index (χ0) is 15.2. The Kier molecular flexibility index (Phi) is 5.70. The molecule has 1 atom stereocenters. The summed E-state index contributed by atoms with van der Waals surface area (Å²) in [6, 6.07) is 5.20. The second-order valence-corrected chi connectivity index (χ2v) is 5.63. The van der Waals surface area contributed by atoms with E-state index in [1.165, 1.54) is 6.07 Å². The molecule has 5 heteroatoms.